The summed E-state index contributed by atoms with van der Waals surface area (Å²) in [6.07, 6.45) is 0.960. The predicted molar refractivity (Wildman–Crippen MR) is 94.4 cm³/mol. The molecule has 1 aliphatic heterocycles. The van der Waals surface area contributed by atoms with Crippen molar-refractivity contribution in [3.8, 4) is 16.2 Å². The van der Waals surface area contributed by atoms with Gasteiger partial charge in [0.2, 0.25) is 0 Å². The summed E-state index contributed by atoms with van der Waals surface area (Å²) >= 11 is 1.54. The van der Waals surface area contributed by atoms with E-state index in [-0.39, 0.29) is 11.9 Å². The molecule has 1 aliphatic rings. The van der Waals surface area contributed by atoms with Crippen molar-refractivity contribution in [3.63, 3.8) is 0 Å². The number of Topliss-reactive ketones (excluding diaryl/α,β-unsaturated/α-hetero) is 1. The molecular weight excluding hydrogens is 306 g/mol. The molecule has 0 amide bonds. The highest BCUT2D eigenvalue weighted by molar-refractivity contribution is 7.17. The molecule has 2 heterocycles. The summed E-state index contributed by atoms with van der Waals surface area (Å²) in [5.74, 6) is 1.07. The Morgan fingerprint density at radius 1 is 1.26 bits per heavy atom. The van der Waals surface area contributed by atoms with Crippen LogP contribution in [0.15, 0.2) is 42.5 Å². The first-order valence-corrected chi connectivity index (χ1v) is 8.51. The van der Waals surface area contributed by atoms with Gasteiger partial charge in [-0.2, -0.15) is 0 Å². The van der Waals surface area contributed by atoms with Crippen LogP contribution in [0.5, 0.6) is 5.75 Å². The number of hydrogen-bond acceptors (Lipinski definition) is 4. The Balaban J connectivity index is 1.77. The van der Waals surface area contributed by atoms with Gasteiger partial charge in [-0.05, 0) is 47.5 Å². The number of thiophene rings is 1. The Kier molecular flexibility index (Phi) is 3.43. The van der Waals surface area contributed by atoms with Crippen LogP contribution in [-0.4, -0.2) is 18.4 Å². The van der Waals surface area contributed by atoms with Crippen LogP contribution in [-0.2, 0) is 6.42 Å². The molecule has 1 atom stereocenters. The predicted octanol–water partition coefficient (Wildman–Crippen LogP) is 4.03. The monoisotopic (exact) mass is 323 g/mol. The molecule has 3 nitrogen and oxygen atoms in total. The maximum absolute atomic E-state index is 11.5. The summed E-state index contributed by atoms with van der Waals surface area (Å²) in [5, 5.41) is 2.42. The van der Waals surface area contributed by atoms with Crippen molar-refractivity contribution < 1.29 is 9.53 Å². The van der Waals surface area contributed by atoms with Crippen molar-refractivity contribution in [2.45, 2.75) is 19.4 Å². The molecule has 2 aromatic carbocycles. The van der Waals surface area contributed by atoms with E-state index < -0.39 is 0 Å². The highest BCUT2D eigenvalue weighted by atomic mass is 32.1. The standard InChI is InChI=1S/C19H17NO2S/c1-11(21)18-6-7-19(23-18)13-2-4-15-12(8-13)3-5-17-16(15)9-14(10-20)22-17/h2-8,14H,9-10,20H2,1H3. The van der Waals surface area contributed by atoms with Crippen LogP contribution in [0.3, 0.4) is 0 Å². The van der Waals surface area contributed by atoms with Gasteiger partial charge in [-0.3, -0.25) is 4.79 Å². The van der Waals surface area contributed by atoms with Crippen LogP contribution in [0.1, 0.15) is 22.2 Å². The zero-order valence-electron chi connectivity index (χ0n) is 12.8. The Bertz CT molecular complexity index is 913. The molecule has 4 heteroatoms. The van der Waals surface area contributed by atoms with Crippen molar-refractivity contribution in [1.82, 2.24) is 0 Å². The van der Waals surface area contributed by atoms with Crippen molar-refractivity contribution in [2.24, 2.45) is 5.73 Å². The molecule has 23 heavy (non-hydrogen) atoms. The van der Waals surface area contributed by atoms with Crippen LogP contribution in [0, 0.1) is 0 Å². The molecule has 4 rings (SSSR count). The van der Waals surface area contributed by atoms with E-state index in [0.29, 0.717) is 6.54 Å². The smallest absolute Gasteiger partial charge is 0.169 e. The fraction of sp³-hybridized carbons (Fsp3) is 0.211. The lowest BCUT2D eigenvalue weighted by atomic mass is 9.99. The molecular formula is C19H17NO2S. The van der Waals surface area contributed by atoms with E-state index in [0.717, 1.165) is 27.5 Å². The lowest BCUT2D eigenvalue weighted by Crippen LogP contribution is -2.24. The summed E-state index contributed by atoms with van der Waals surface area (Å²) < 4.78 is 5.85. The molecule has 0 spiro atoms. The molecule has 0 bridgehead atoms. The van der Waals surface area contributed by atoms with Crippen molar-refractivity contribution >= 4 is 27.9 Å². The molecule has 0 fully saturated rings. The zero-order chi connectivity index (χ0) is 16.0. The van der Waals surface area contributed by atoms with Gasteiger partial charge in [0.15, 0.2) is 5.78 Å². The molecule has 1 unspecified atom stereocenters. The van der Waals surface area contributed by atoms with Gasteiger partial charge >= 0.3 is 0 Å². The fourth-order valence-electron chi connectivity index (χ4n) is 3.11. The van der Waals surface area contributed by atoms with Crippen LogP contribution < -0.4 is 10.5 Å². The molecule has 1 aromatic heterocycles. The van der Waals surface area contributed by atoms with E-state index in [2.05, 4.69) is 24.3 Å². The average Bonchev–Trinajstić information content (AvgIpc) is 3.21. The second-order valence-corrected chi connectivity index (χ2v) is 6.96. The summed E-state index contributed by atoms with van der Waals surface area (Å²) in [7, 11) is 0. The maximum Gasteiger partial charge on any atom is 0.169 e. The minimum Gasteiger partial charge on any atom is -0.488 e. The lowest BCUT2D eigenvalue weighted by Gasteiger charge is -2.06. The summed E-state index contributed by atoms with van der Waals surface area (Å²) in [6, 6.07) is 14.5. The molecule has 2 N–H and O–H groups in total. The van der Waals surface area contributed by atoms with E-state index in [1.54, 1.807) is 18.3 Å². The van der Waals surface area contributed by atoms with Crippen molar-refractivity contribution in [2.75, 3.05) is 6.54 Å². The third-order valence-electron chi connectivity index (χ3n) is 4.31. The van der Waals surface area contributed by atoms with E-state index in [4.69, 9.17) is 10.5 Å². The number of fused-ring (bicyclic) bond motifs is 3. The number of rotatable bonds is 3. The zero-order valence-corrected chi connectivity index (χ0v) is 13.7. The molecule has 0 saturated heterocycles. The lowest BCUT2D eigenvalue weighted by molar-refractivity contribution is 0.102. The Hall–Kier alpha value is -2.17. The fourth-order valence-corrected chi connectivity index (χ4v) is 4.01. The third-order valence-corrected chi connectivity index (χ3v) is 5.55. The number of nitrogens with two attached hydrogens (primary N) is 1. The number of carbonyl (C=O) groups excluding carboxylic acids is 1. The molecule has 3 aromatic rings. The van der Waals surface area contributed by atoms with Gasteiger partial charge in [0.25, 0.3) is 0 Å². The average molecular weight is 323 g/mol. The first kappa shape index (κ1) is 14.4. The number of ether oxygens (including phenoxy) is 1. The second-order valence-electron chi connectivity index (χ2n) is 5.88. The molecule has 116 valence electrons. The highest BCUT2D eigenvalue weighted by Crippen LogP contribution is 2.37. The third kappa shape index (κ3) is 2.44. The van der Waals surface area contributed by atoms with Crippen molar-refractivity contribution in [1.29, 1.82) is 0 Å². The van der Waals surface area contributed by atoms with Gasteiger partial charge in [0, 0.05) is 23.4 Å². The minimum absolute atomic E-state index is 0.0886. The van der Waals surface area contributed by atoms with Gasteiger partial charge in [0.05, 0.1) is 4.88 Å². The van der Waals surface area contributed by atoms with Gasteiger partial charge in [-0.15, -0.1) is 11.3 Å². The molecule has 0 saturated carbocycles. The van der Waals surface area contributed by atoms with Crippen LogP contribution >= 0.6 is 11.3 Å². The largest absolute Gasteiger partial charge is 0.488 e. The normalized spacial score (nSPS) is 16.3. The van der Waals surface area contributed by atoms with E-state index in [1.807, 2.05) is 18.2 Å². The Morgan fingerprint density at radius 3 is 2.87 bits per heavy atom. The maximum atomic E-state index is 11.5. The molecule has 0 radical (unpaired) electrons. The van der Waals surface area contributed by atoms with Gasteiger partial charge in [0.1, 0.15) is 11.9 Å². The Morgan fingerprint density at radius 2 is 2.13 bits per heavy atom. The summed E-state index contributed by atoms with van der Waals surface area (Å²) in [5.41, 5.74) is 8.13. The highest BCUT2D eigenvalue weighted by Gasteiger charge is 2.23. The molecule has 0 aliphatic carbocycles. The van der Waals surface area contributed by atoms with Crippen molar-refractivity contribution in [3.05, 3.63) is 52.9 Å². The summed E-state index contributed by atoms with van der Waals surface area (Å²) in [4.78, 5) is 13.4. The van der Waals surface area contributed by atoms with Crippen LogP contribution in [0.25, 0.3) is 21.2 Å². The van der Waals surface area contributed by atoms with Crippen LogP contribution in [0.2, 0.25) is 0 Å². The van der Waals surface area contributed by atoms with E-state index >= 15 is 0 Å². The van der Waals surface area contributed by atoms with Crippen LogP contribution in [0.4, 0.5) is 0 Å². The van der Waals surface area contributed by atoms with Gasteiger partial charge in [-0.25, -0.2) is 0 Å². The number of benzene rings is 2. The van der Waals surface area contributed by atoms with E-state index in [9.17, 15) is 4.79 Å². The first-order chi connectivity index (χ1) is 11.2. The number of ketones is 1. The SMILES string of the molecule is CC(=O)c1ccc(-c2ccc3c4c(ccc3c2)OC(CN)C4)s1. The number of carbonyl (C=O) groups is 1. The minimum atomic E-state index is 0.0886. The second kappa shape index (κ2) is 5.48. The van der Waals surface area contributed by atoms with E-state index in [1.165, 1.54) is 16.3 Å². The topological polar surface area (TPSA) is 52.3 Å². The van der Waals surface area contributed by atoms with Gasteiger partial charge in [-0.1, -0.05) is 18.2 Å². The quantitative estimate of drug-likeness (QED) is 0.740. The summed E-state index contributed by atoms with van der Waals surface area (Å²) in [6.45, 7) is 2.14. The Labute approximate surface area is 138 Å². The first-order valence-electron chi connectivity index (χ1n) is 7.69. The number of hydrogen-bond donors (Lipinski definition) is 1. The van der Waals surface area contributed by atoms with Gasteiger partial charge < -0.3 is 10.5 Å².